The summed E-state index contributed by atoms with van der Waals surface area (Å²) in [5, 5.41) is 2.38. The number of carbonyl (C=O) groups is 1. The minimum absolute atomic E-state index is 0.200. The van der Waals surface area contributed by atoms with Crippen LogP contribution in [0.1, 0.15) is 31.0 Å². The molecule has 1 aliphatic rings. The number of rotatable bonds is 5. The van der Waals surface area contributed by atoms with E-state index in [-0.39, 0.29) is 12.2 Å². The Balaban J connectivity index is 1.87. The van der Waals surface area contributed by atoms with E-state index in [0.717, 1.165) is 16.3 Å². The van der Waals surface area contributed by atoms with Crippen LogP contribution in [0.2, 0.25) is 5.02 Å². The highest BCUT2D eigenvalue weighted by Crippen LogP contribution is 2.40. The first kappa shape index (κ1) is 24.0. The van der Waals surface area contributed by atoms with Gasteiger partial charge in [-0.15, -0.1) is 0 Å². The van der Waals surface area contributed by atoms with Gasteiger partial charge in [-0.05, 0) is 48.4 Å². The topological polar surface area (TPSA) is 69.9 Å². The second kappa shape index (κ2) is 9.76. The largest absolute Gasteiger partial charge is 0.496 e. The van der Waals surface area contributed by atoms with Gasteiger partial charge in [-0.1, -0.05) is 71.5 Å². The molecule has 0 saturated carbocycles. The lowest BCUT2D eigenvalue weighted by atomic mass is 9.90. The zero-order chi connectivity index (χ0) is 25.4. The molecule has 0 fully saturated rings. The van der Waals surface area contributed by atoms with Crippen LogP contribution in [0.5, 0.6) is 5.75 Å². The first-order chi connectivity index (χ1) is 17.4. The molecule has 6 nitrogen and oxygen atoms in total. The van der Waals surface area contributed by atoms with Crippen molar-refractivity contribution < 1.29 is 14.3 Å². The van der Waals surface area contributed by atoms with Gasteiger partial charge in [-0.2, -0.15) is 0 Å². The summed E-state index contributed by atoms with van der Waals surface area (Å²) in [5.41, 5.74) is 1.97. The fourth-order valence-corrected chi connectivity index (χ4v) is 5.76. The van der Waals surface area contributed by atoms with Crippen molar-refractivity contribution in [3.63, 3.8) is 0 Å². The molecule has 1 aliphatic heterocycles. The summed E-state index contributed by atoms with van der Waals surface area (Å²) in [5.74, 6) is 0.0509. The van der Waals surface area contributed by atoms with E-state index in [4.69, 9.17) is 21.1 Å². The highest BCUT2D eigenvalue weighted by Gasteiger charge is 2.36. The van der Waals surface area contributed by atoms with Crippen molar-refractivity contribution in [2.75, 3.05) is 13.7 Å². The number of ether oxygens (including phenoxy) is 2. The Labute approximate surface area is 216 Å². The zero-order valence-electron chi connectivity index (χ0n) is 19.9. The highest BCUT2D eigenvalue weighted by atomic mass is 35.5. The molecule has 2 heterocycles. The Morgan fingerprint density at radius 2 is 1.89 bits per heavy atom. The molecule has 3 aromatic carbocycles. The molecule has 1 aromatic heterocycles. The van der Waals surface area contributed by atoms with Crippen LogP contribution in [0.4, 0.5) is 0 Å². The van der Waals surface area contributed by atoms with Crippen molar-refractivity contribution in [2.45, 2.75) is 19.9 Å². The summed E-state index contributed by atoms with van der Waals surface area (Å²) in [6, 6.07) is 18.2. The molecule has 0 amide bonds. The van der Waals surface area contributed by atoms with Crippen LogP contribution in [-0.4, -0.2) is 24.3 Å². The van der Waals surface area contributed by atoms with Crippen molar-refractivity contribution in [3.8, 4) is 5.75 Å². The number of hydrogen-bond donors (Lipinski definition) is 0. The van der Waals surface area contributed by atoms with E-state index in [1.165, 1.54) is 11.3 Å². The third kappa shape index (κ3) is 4.04. The van der Waals surface area contributed by atoms with Gasteiger partial charge in [0.25, 0.3) is 5.56 Å². The maximum atomic E-state index is 13.9. The minimum Gasteiger partial charge on any atom is -0.496 e. The standard InChI is InChI=1S/C28H23ClN2O4S/c1-4-35-27(33)23-16(2)30-28-31(26(32)22(36-28)15-18-10-6-8-12-20(18)29)25(23)24-19-11-7-5-9-17(19)13-14-21(24)34-3/h5-15,25H,4H2,1-3H3/b22-15-/t25-/m0/s1. The fourth-order valence-electron chi connectivity index (χ4n) is 4.53. The smallest absolute Gasteiger partial charge is 0.338 e. The van der Waals surface area contributed by atoms with E-state index < -0.39 is 12.0 Å². The third-order valence-electron chi connectivity index (χ3n) is 6.13. The lowest BCUT2D eigenvalue weighted by Gasteiger charge is -2.27. The summed E-state index contributed by atoms with van der Waals surface area (Å²) in [4.78, 5) is 32.3. The van der Waals surface area contributed by atoms with E-state index in [1.54, 1.807) is 37.7 Å². The predicted molar refractivity (Wildman–Crippen MR) is 142 cm³/mol. The van der Waals surface area contributed by atoms with Gasteiger partial charge in [0.05, 0.1) is 29.5 Å². The highest BCUT2D eigenvalue weighted by molar-refractivity contribution is 7.07. The summed E-state index contributed by atoms with van der Waals surface area (Å²) < 4.78 is 13.2. The van der Waals surface area contributed by atoms with Crippen LogP contribution in [0.25, 0.3) is 16.8 Å². The first-order valence-electron chi connectivity index (χ1n) is 11.4. The molecule has 0 aliphatic carbocycles. The van der Waals surface area contributed by atoms with E-state index in [9.17, 15) is 9.59 Å². The normalized spacial score (nSPS) is 15.6. The second-order valence-electron chi connectivity index (χ2n) is 8.23. The molecule has 4 aromatic rings. The van der Waals surface area contributed by atoms with E-state index in [2.05, 4.69) is 4.99 Å². The SMILES string of the molecule is CCOC(=O)C1=C(C)N=c2s/c(=C\c3ccccc3Cl)c(=O)n2[C@@H]1c1c(OC)ccc2ccccc12. The number of hydrogen-bond acceptors (Lipinski definition) is 6. The van der Waals surface area contributed by atoms with E-state index in [0.29, 0.717) is 36.9 Å². The van der Waals surface area contributed by atoms with Gasteiger partial charge in [-0.25, -0.2) is 9.79 Å². The van der Waals surface area contributed by atoms with Crippen LogP contribution < -0.4 is 19.6 Å². The lowest BCUT2D eigenvalue weighted by Crippen LogP contribution is -2.40. The van der Waals surface area contributed by atoms with Crippen molar-refractivity contribution in [1.29, 1.82) is 0 Å². The Hall–Kier alpha value is -3.68. The monoisotopic (exact) mass is 518 g/mol. The third-order valence-corrected chi connectivity index (χ3v) is 7.46. The van der Waals surface area contributed by atoms with Crippen LogP contribution in [0.3, 0.4) is 0 Å². The Kier molecular flexibility index (Phi) is 6.51. The average molecular weight is 519 g/mol. The molecule has 8 heteroatoms. The number of fused-ring (bicyclic) bond motifs is 2. The molecule has 0 N–H and O–H groups in total. The van der Waals surface area contributed by atoms with Crippen molar-refractivity contribution in [2.24, 2.45) is 4.99 Å². The number of halogens is 1. The molecule has 0 spiro atoms. The molecule has 182 valence electrons. The van der Waals surface area contributed by atoms with E-state index in [1.807, 2.05) is 54.6 Å². The maximum Gasteiger partial charge on any atom is 0.338 e. The van der Waals surface area contributed by atoms with Crippen molar-refractivity contribution >= 4 is 45.8 Å². The molecular formula is C28H23ClN2O4S. The number of nitrogens with zero attached hydrogens (tertiary/aromatic N) is 2. The van der Waals surface area contributed by atoms with Gasteiger partial charge in [0, 0.05) is 10.6 Å². The van der Waals surface area contributed by atoms with Gasteiger partial charge in [0.2, 0.25) is 0 Å². The van der Waals surface area contributed by atoms with Gasteiger partial charge >= 0.3 is 5.97 Å². The number of carbonyl (C=O) groups excluding carboxylic acids is 1. The van der Waals surface area contributed by atoms with Crippen LogP contribution in [-0.2, 0) is 9.53 Å². The first-order valence-corrected chi connectivity index (χ1v) is 12.6. The molecule has 36 heavy (non-hydrogen) atoms. The quantitative estimate of drug-likeness (QED) is 0.362. The van der Waals surface area contributed by atoms with Gasteiger partial charge in [-0.3, -0.25) is 9.36 Å². The fraction of sp³-hybridized carbons (Fsp3) is 0.179. The van der Waals surface area contributed by atoms with Gasteiger partial charge in [0.15, 0.2) is 4.80 Å². The zero-order valence-corrected chi connectivity index (χ0v) is 21.5. The number of allylic oxidation sites excluding steroid dienone is 1. The molecule has 0 saturated heterocycles. The maximum absolute atomic E-state index is 13.9. The van der Waals surface area contributed by atoms with Crippen LogP contribution >= 0.6 is 22.9 Å². The predicted octanol–water partition coefficient (Wildman–Crippen LogP) is 4.61. The summed E-state index contributed by atoms with van der Waals surface area (Å²) in [6.45, 7) is 3.72. The number of methoxy groups -OCH3 is 1. The molecule has 0 unspecified atom stereocenters. The van der Waals surface area contributed by atoms with Crippen molar-refractivity contribution in [1.82, 2.24) is 4.57 Å². The van der Waals surface area contributed by atoms with Crippen molar-refractivity contribution in [3.05, 3.63) is 108 Å². The van der Waals surface area contributed by atoms with E-state index >= 15 is 0 Å². The molecular weight excluding hydrogens is 496 g/mol. The van der Waals surface area contributed by atoms with Crippen LogP contribution in [0.15, 0.2) is 81.7 Å². The molecule has 0 radical (unpaired) electrons. The average Bonchev–Trinajstić information content (AvgIpc) is 3.18. The number of benzene rings is 3. The Bertz CT molecular complexity index is 1720. The van der Waals surface area contributed by atoms with Gasteiger partial charge < -0.3 is 9.47 Å². The Morgan fingerprint density at radius 1 is 1.14 bits per heavy atom. The van der Waals surface area contributed by atoms with Crippen LogP contribution in [0, 0.1) is 0 Å². The molecule has 1 atom stereocenters. The molecule has 5 rings (SSSR count). The number of aromatic nitrogens is 1. The molecule has 0 bridgehead atoms. The lowest BCUT2D eigenvalue weighted by molar-refractivity contribution is -0.139. The second-order valence-corrected chi connectivity index (χ2v) is 9.64. The summed E-state index contributed by atoms with van der Waals surface area (Å²) in [7, 11) is 1.58. The summed E-state index contributed by atoms with van der Waals surface area (Å²) in [6.07, 6.45) is 1.76. The summed E-state index contributed by atoms with van der Waals surface area (Å²) >= 11 is 7.62. The Morgan fingerprint density at radius 3 is 2.64 bits per heavy atom. The number of thiazole rings is 1. The number of esters is 1. The van der Waals surface area contributed by atoms with Gasteiger partial charge in [0.1, 0.15) is 11.8 Å². The minimum atomic E-state index is -0.783.